The van der Waals surface area contributed by atoms with Crippen molar-refractivity contribution in [3.63, 3.8) is 0 Å². The number of aromatic amines is 1. The lowest BCUT2D eigenvalue weighted by atomic mass is 10.0. The maximum atomic E-state index is 12.4. The summed E-state index contributed by atoms with van der Waals surface area (Å²) in [5, 5.41) is 6.98. The van der Waals surface area contributed by atoms with Crippen LogP contribution in [0.1, 0.15) is 60.6 Å². The number of hydrogen-bond acceptors (Lipinski definition) is 4. The van der Waals surface area contributed by atoms with E-state index in [-0.39, 0.29) is 6.10 Å². The molecule has 2 aromatic rings. The SMILES string of the molecule is CCC(OC(=O)c1cc(CC(C)C)[nH]n1)c1cc(C)ccc1OC. The normalized spacial score (nSPS) is 12.2. The summed E-state index contributed by atoms with van der Waals surface area (Å²) in [7, 11) is 1.62. The number of ether oxygens (including phenoxy) is 2. The van der Waals surface area contributed by atoms with E-state index >= 15 is 0 Å². The van der Waals surface area contributed by atoms with Gasteiger partial charge in [0, 0.05) is 11.3 Å². The number of benzene rings is 1. The highest BCUT2D eigenvalue weighted by molar-refractivity contribution is 5.87. The van der Waals surface area contributed by atoms with Gasteiger partial charge < -0.3 is 9.47 Å². The average molecular weight is 330 g/mol. The van der Waals surface area contributed by atoms with Gasteiger partial charge in [-0.15, -0.1) is 0 Å². The van der Waals surface area contributed by atoms with Crippen LogP contribution in [0.2, 0.25) is 0 Å². The van der Waals surface area contributed by atoms with Crippen LogP contribution in [-0.4, -0.2) is 23.3 Å². The summed E-state index contributed by atoms with van der Waals surface area (Å²) < 4.78 is 11.1. The number of H-pyrrole nitrogens is 1. The summed E-state index contributed by atoms with van der Waals surface area (Å²) in [4.78, 5) is 12.4. The molecule has 0 aliphatic carbocycles. The maximum absolute atomic E-state index is 12.4. The van der Waals surface area contributed by atoms with Gasteiger partial charge in [-0.3, -0.25) is 5.10 Å². The first-order chi connectivity index (χ1) is 11.4. The Morgan fingerprint density at radius 1 is 1.29 bits per heavy atom. The van der Waals surface area contributed by atoms with Crippen molar-refractivity contribution >= 4 is 5.97 Å². The van der Waals surface area contributed by atoms with Crippen molar-refractivity contribution in [2.75, 3.05) is 7.11 Å². The van der Waals surface area contributed by atoms with E-state index in [1.165, 1.54) is 0 Å². The molecular formula is C19H26N2O3. The molecule has 130 valence electrons. The van der Waals surface area contributed by atoms with Crippen LogP contribution in [0.25, 0.3) is 0 Å². The Labute approximate surface area is 143 Å². The molecule has 1 aromatic heterocycles. The van der Waals surface area contributed by atoms with Crippen LogP contribution in [0.4, 0.5) is 0 Å². The van der Waals surface area contributed by atoms with Crippen LogP contribution >= 0.6 is 0 Å². The zero-order valence-electron chi connectivity index (χ0n) is 15.1. The van der Waals surface area contributed by atoms with E-state index in [1.54, 1.807) is 13.2 Å². The number of aryl methyl sites for hydroxylation is 1. The summed E-state index contributed by atoms with van der Waals surface area (Å²) in [6, 6.07) is 7.64. The summed E-state index contributed by atoms with van der Waals surface area (Å²) in [5.41, 5.74) is 3.24. The summed E-state index contributed by atoms with van der Waals surface area (Å²) in [5.74, 6) is 0.800. The first-order valence-corrected chi connectivity index (χ1v) is 8.34. The monoisotopic (exact) mass is 330 g/mol. The van der Waals surface area contributed by atoms with Crippen LogP contribution in [-0.2, 0) is 11.2 Å². The largest absolute Gasteiger partial charge is 0.496 e. The van der Waals surface area contributed by atoms with E-state index in [9.17, 15) is 4.79 Å². The second-order valence-electron chi connectivity index (χ2n) is 6.42. The Hall–Kier alpha value is -2.30. The van der Waals surface area contributed by atoms with Crippen molar-refractivity contribution in [3.05, 3.63) is 46.8 Å². The average Bonchev–Trinajstić information content (AvgIpc) is 3.00. The maximum Gasteiger partial charge on any atom is 0.359 e. The molecule has 1 atom stereocenters. The summed E-state index contributed by atoms with van der Waals surface area (Å²) in [6.07, 6.45) is 1.15. The lowest BCUT2D eigenvalue weighted by Crippen LogP contribution is -2.12. The highest BCUT2D eigenvalue weighted by Gasteiger charge is 2.22. The molecule has 0 spiro atoms. The molecule has 0 aliphatic heterocycles. The number of nitrogens with zero attached hydrogens (tertiary/aromatic N) is 1. The van der Waals surface area contributed by atoms with Gasteiger partial charge in [0.1, 0.15) is 11.9 Å². The van der Waals surface area contributed by atoms with Crippen LogP contribution in [0.5, 0.6) is 5.75 Å². The van der Waals surface area contributed by atoms with Crippen LogP contribution < -0.4 is 4.74 Å². The van der Waals surface area contributed by atoms with E-state index in [4.69, 9.17) is 9.47 Å². The van der Waals surface area contributed by atoms with Crippen molar-refractivity contribution in [1.29, 1.82) is 0 Å². The molecule has 0 radical (unpaired) electrons. The first-order valence-electron chi connectivity index (χ1n) is 8.34. The van der Waals surface area contributed by atoms with Gasteiger partial charge in [-0.25, -0.2) is 4.79 Å². The second kappa shape index (κ2) is 7.99. The molecule has 1 heterocycles. The molecule has 1 N–H and O–H groups in total. The second-order valence-corrected chi connectivity index (χ2v) is 6.42. The number of rotatable bonds is 7. The molecule has 5 nitrogen and oxygen atoms in total. The van der Waals surface area contributed by atoms with E-state index in [0.717, 1.165) is 29.0 Å². The molecule has 0 saturated carbocycles. The fraction of sp³-hybridized carbons (Fsp3) is 0.474. The van der Waals surface area contributed by atoms with E-state index in [0.29, 0.717) is 18.0 Å². The lowest BCUT2D eigenvalue weighted by Gasteiger charge is -2.19. The minimum atomic E-state index is -0.420. The molecule has 0 fully saturated rings. The molecule has 0 amide bonds. The van der Waals surface area contributed by atoms with Crippen LogP contribution in [0.3, 0.4) is 0 Å². The van der Waals surface area contributed by atoms with Crippen molar-refractivity contribution in [2.24, 2.45) is 5.92 Å². The highest BCUT2D eigenvalue weighted by atomic mass is 16.5. The van der Waals surface area contributed by atoms with E-state index in [1.807, 2.05) is 32.0 Å². The smallest absolute Gasteiger partial charge is 0.359 e. The predicted molar refractivity (Wildman–Crippen MR) is 93.3 cm³/mol. The van der Waals surface area contributed by atoms with Crippen molar-refractivity contribution in [2.45, 2.75) is 46.6 Å². The molecule has 5 heteroatoms. The molecule has 2 rings (SSSR count). The Bertz CT molecular complexity index is 692. The highest BCUT2D eigenvalue weighted by Crippen LogP contribution is 2.31. The fourth-order valence-electron chi connectivity index (χ4n) is 2.67. The van der Waals surface area contributed by atoms with Gasteiger partial charge in [0.2, 0.25) is 0 Å². The zero-order valence-corrected chi connectivity index (χ0v) is 15.1. The van der Waals surface area contributed by atoms with Gasteiger partial charge in [0.05, 0.1) is 7.11 Å². The molecule has 0 saturated heterocycles. The number of esters is 1. The number of carbonyl (C=O) groups is 1. The third-order valence-electron chi connectivity index (χ3n) is 3.82. The molecule has 0 aliphatic rings. The van der Waals surface area contributed by atoms with E-state index in [2.05, 4.69) is 24.0 Å². The number of carbonyl (C=O) groups excluding carboxylic acids is 1. The number of methoxy groups -OCH3 is 1. The Balaban J connectivity index is 2.16. The quantitative estimate of drug-likeness (QED) is 0.772. The fourth-order valence-corrected chi connectivity index (χ4v) is 2.67. The third kappa shape index (κ3) is 4.37. The van der Waals surface area contributed by atoms with Gasteiger partial charge in [-0.1, -0.05) is 32.4 Å². The van der Waals surface area contributed by atoms with Crippen LogP contribution in [0.15, 0.2) is 24.3 Å². The Morgan fingerprint density at radius 2 is 2.04 bits per heavy atom. The first kappa shape index (κ1) is 18.0. The zero-order chi connectivity index (χ0) is 17.7. The number of nitrogens with one attached hydrogen (secondary N) is 1. The Kier molecular flexibility index (Phi) is 6.01. The molecule has 1 aromatic carbocycles. The molecule has 0 bridgehead atoms. The predicted octanol–water partition coefficient (Wildman–Crippen LogP) is 4.23. The van der Waals surface area contributed by atoms with Crippen molar-refractivity contribution in [1.82, 2.24) is 10.2 Å². The molecular weight excluding hydrogens is 304 g/mol. The van der Waals surface area contributed by atoms with Gasteiger partial charge in [0.25, 0.3) is 0 Å². The minimum absolute atomic E-state index is 0.315. The van der Waals surface area contributed by atoms with E-state index < -0.39 is 5.97 Å². The number of aromatic nitrogens is 2. The lowest BCUT2D eigenvalue weighted by molar-refractivity contribution is 0.0275. The van der Waals surface area contributed by atoms with Crippen molar-refractivity contribution < 1.29 is 14.3 Å². The molecule has 24 heavy (non-hydrogen) atoms. The topological polar surface area (TPSA) is 64.2 Å². The van der Waals surface area contributed by atoms with Gasteiger partial charge in [0.15, 0.2) is 5.69 Å². The number of hydrogen-bond donors (Lipinski definition) is 1. The minimum Gasteiger partial charge on any atom is -0.496 e. The summed E-state index contributed by atoms with van der Waals surface area (Å²) >= 11 is 0. The standard InChI is InChI=1S/C19H26N2O3/c1-6-17(15-10-13(4)7-8-18(15)23-5)24-19(22)16-11-14(20-21-16)9-12(2)3/h7-8,10-12,17H,6,9H2,1-5H3,(H,20,21). The third-order valence-corrected chi connectivity index (χ3v) is 3.82. The van der Waals surface area contributed by atoms with Gasteiger partial charge in [-0.2, -0.15) is 5.10 Å². The molecule has 1 unspecified atom stereocenters. The Morgan fingerprint density at radius 3 is 2.67 bits per heavy atom. The van der Waals surface area contributed by atoms with Gasteiger partial charge in [-0.05, 0) is 43.9 Å². The summed E-state index contributed by atoms with van der Waals surface area (Å²) in [6.45, 7) is 8.23. The van der Waals surface area contributed by atoms with Gasteiger partial charge >= 0.3 is 5.97 Å². The van der Waals surface area contributed by atoms with Crippen molar-refractivity contribution in [3.8, 4) is 5.75 Å². The van der Waals surface area contributed by atoms with Crippen LogP contribution in [0, 0.1) is 12.8 Å².